The Morgan fingerprint density at radius 1 is 1.10 bits per heavy atom. The van der Waals surface area contributed by atoms with Gasteiger partial charge in [0.05, 0.1) is 5.56 Å². The molecule has 0 saturated carbocycles. The summed E-state index contributed by atoms with van der Waals surface area (Å²) in [6.45, 7) is 7.31. The lowest BCUT2D eigenvalue weighted by Gasteiger charge is -2.34. The Hall–Kier alpha value is -3.69. The molecule has 2 fully saturated rings. The van der Waals surface area contributed by atoms with E-state index in [1.165, 1.54) is 5.57 Å². The number of aromatic nitrogens is 2. The van der Waals surface area contributed by atoms with Gasteiger partial charge in [0.15, 0.2) is 5.82 Å². The number of likely N-dealkylation sites (N-methyl/N-ethyl adjacent to an activating group) is 1. The van der Waals surface area contributed by atoms with E-state index in [0.29, 0.717) is 17.8 Å². The molecule has 1 aliphatic carbocycles. The number of nitrogens with zero attached hydrogens (tertiary/aromatic N) is 3. The number of fused-ring (bicyclic) bond motifs is 1. The minimum atomic E-state index is -0.211. The Kier molecular flexibility index (Phi) is 8.07. The maximum absolute atomic E-state index is 14.0. The number of amides is 1. The first-order chi connectivity index (χ1) is 19.9. The predicted molar refractivity (Wildman–Crippen MR) is 161 cm³/mol. The highest BCUT2D eigenvalue weighted by molar-refractivity contribution is 6.09. The molecule has 9 heteroatoms. The van der Waals surface area contributed by atoms with Crippen LogP contribution >= 0.6 is 0 Å². The molecule has 2 aliphatic heterocycles. The van der Waals surface area contributed by atoms with Crippen LogP contribution in [0.25, 0.3) is 6.08 Å². The zero-order chi connectivity index (χ0) is 28.3. The molecule has 3 aromatic rings. The van der Waals surface area contributed by atoms with Crippen LogP contribution in [0.15, 0.2) is 42.0 Å². The fourth-order valence-corrected chi connectivity index (χ4v) is 6.05. The van der Waals surface area contributed by atoms with E-state index in [9.17, 15) is 9.18 Å². The van der Waals surface area contributed by atoms with Crippen molar-refractivity contribution in [1.82, 2.24) is 15.1 Å². The topological polar surface area (TPSA) is 85.5 Å². The second-order valence-corrected chi connectivity index (χ2v) is 11.6. The second kappa shape index (κ2) is 12.0. The molecule has 1 amide bonds. The molecule has 3 heterocycles. The van der Waals surface area contributed by atoms with E-state index in [1.54, 1.807) is 12.1 Å². The van der Waals surface area contributed by atoms with Crippen LogP contribution in [0.4, 0.5) is 21.6 Å². The quantitative estimate of drug-likeness (QED) is 0.378. The van der Waals surface area contributed by atoms with Crippen molar-refractivity contribution in [3.8, 4) is 0 Å². The second-order valence-electron chi connectivity index (χ2n) is 11.6. The Bertz CT molecular complexity index is 1420. The molecule has 3 aliphatic rings. The third kappa shape index (κ3) is 6.47. The van der Waals surface area contributed by atoms with Gasteiger partial charge in [-0.1, -0.05) is 11.6 Å². The molecule has 2 saturated heterocycles. The monoisotopic (exact) mass is 558 g/mol. The number of carbonyl (C=O) groups excluding carboxylic acids is 1. The number of H-pyrrole nitrogens is 1. The van der Waals surface area contributed by atoms with E-state index in [1.807, 2.05) is 25.1 Å². The summed E-state index contributed by atoms with van der Waals surface area (Å²) >= 11 is 0. The van der Waals surface area contributed by atoms with Crippen LogP contribution in [0.2, 0.25) is 0 Å². The standard InChI is InChI=1S/C32H39FN6O2/c1-21-15-23(18-24(33)16-21)17-22-3-6-29-28(19-22)31(37-36-29)35-32(40)27-5-4-26(39-11-9-38(2)10-12-39)20-30(27)34-25-7-13-41-14-8-25/h4-5,15-16,18-20,25,34H,3,6-14,17H2,1-2H3,(H2,35,36,37,40). The van der Waals surface area contributed by atoms with Crippen LogP contribution < -0.4 is 15.5 Å². The fraction of sp³-hybridized carbons (Fsp3) is 0.438. The number of piperazine rings is 1. The summed E-state index contributed by atoms with van der Waals surface area (Å²) in [5, 5.41) is 14.3. The van der Waals surface area contributed by atoms with Crippen LogP contribution in [0, 0.1) is 12.7 Å². The maximum Gasteiger partial charge on any atom is 0.258 e. The van der Waals surface area contributed by atoms with Crippen molar-refractivity contribution in [2.24, 2.45) is 0 Å². The zero-order valence-corrected chi connectivity index (χ0v) is 23.9. The summed E-state index contributed by atoms with van der Waals surface area (Å²) in [7, 11) is 2.15. The van der Waals surface area contributed by atoms with E-state index in [0.717, 1.165) is 98.8 Å². The summed E-state index contributed by atoms with van der Waals surface area (Å²) in [5.41, 5.74) is 7.53. The van der Waals surface area contributed by atoms with Gasteiger partial charge in [-0.25, -0.2) is 4.39 Å². The average Bonchev–Trinajstić information content (AvgIpc) is 3.35. The first-order valence-corrected chi connectivity index (χ1v) is 14.7. The lowest BCUT2D eigenvalue weighted by molar-refractivity contribution is 0.0904. The number of aromatic amines is 1. The molecule has 0 atom stereocenters. The molecule has 0 spiro atoms. The normalized spacial score (nSPS) is 18.1. The van der Waals surface area contributed by atoms with E-state index in [4.69, 9.17) is 4.74 Å². The van der Waals surface area contributed by atoms with Crippen molar-refractivity contribution < 1.29 is 13.9 Å². The summed E-state index contributed by atoms with van der Waals surface area (Å²) in [4.78, 5) is 18.4. The van der Waals surface area contributed by atoms with E-state index in [-0.39, 0.29) is 17.8 Å². The van der Waals surface area contributed by atoms with Gasteiger partial charge in [0.1, 0.15) is 5.82 Å². The summed E-state index contributed by atoms with van der Waals surface area (Å²) in [6.07, 6.45) is 6.25. The number of anilines is 3. The number of halogens is 1. The Morgan fingerprint density at radius 2 is 1.90 bits per heavy atom. The largest absolute Gasteiger partial charge is 0.381 e. The lowest BCUT2D eigenvalue weighted by atomic mass is 9.92. The molecule has 216 valence electrons. The molecule has 0 radical (unpaired) electrons. The highest BCUT2D eigenvalue weighted by Gasteiger charge is 2.24. The maximum atomic E-state index is 14.0. The van der Waals surface area contributed by atoms with Crippen molar-refractivity contribution in [1.29, 1.82) is 0 Å². The van der Waals surface area contributed by atoms with Gasteiger partial charge in [-0.05, 0) is 93.6 Å². The third-order valence-electron chi connectivity index (χ3n) is 8.39. The van der Waals surface area contributed by atoms with Crippen LogP contribution in [0.5, 0.6) is 0 Å². The molecule has 1 aromatic heterocycles. The smallest absolute Gasteiger partial charge is 0.258 e. The van der Waals surface area contributed by atoms with Gasteiger partial charge in [-0.15, -0.1) is 0 Å². The Balaban J connectivity index is 1.23. The highest BCUT2D eigenvalue weighted by atomic mass is 19.1. The number of benzene rings is 2. The molecule has 0 unspecified atom stereocenters. The fourth-order valence-electron chi connectivity index (χ4n) is 6.05. The minimum Gasteiger partial charge on any atom is -0.381 e. The summed E-state index contributed by atoms with van der Waals surface area (Å²) < 4.78 is 19.5. The first-order valence-electron chi connectivity index (χ1n) is 14.7. The van der Waals surface area contributed by atoms with Gasteiger partial charge in [-0.2, -0.15) is 5.10 Å². The lowest BCUT2D eigenvalue weighted by Crippen LogP contribution is -2.44. The van der Waals surface area contributed by atoms with E-state index in [2.05, 4.69) is 49.8 Å². The van der Waals surface area contributed by atoms with E-state index >= 15 is 0 Å². The summed E-state index contributed by atoms with van der Waals surface area (Å²) in [6, 6.07) is 11.5. The molecule has 0 bridgehead atoms. The molecule has 41 heavy (non-hydrogen) atoms. The molecule has 6 rings (SSSR count). The number of carbonyl (C=O) groups is 1. The van der Waals surface area contributed by atoms with E-state index < -0.39 is 0 Å². The van der Waals surface area contributed by atoms with Crippen LogP contribution in [0.1, 0.15) is 52.0 Å². The molecule has 3 N–H and O–H groups in total. The molecule has 2 aromatic carbocycles. The first kappa shape index (κ1) is 27.5. The minimum absolute atomic E-state index is 0.194. The SMILES string of the molecule is Cc1cc(F)cc(CC2=Cc3c(NC(=O)c4ccc(N5CCN(C)CC5)cc4NC4CCOCC4)n[nH]c3CC2)c1. The van der Waals surface area contributed by atoms with Crippen molar-refractivity contribution in [3.05, 3.63) is 75.7 Å². The third-order valence-corrected chi connectivity index (χ3v) is 8.39. The van der Waals surface area contributed by atoms with Gasteiger partial charge in [0.2, 0.25) is 0 Å². The number of nitrogens with one attached hydrogen (secondary N) is 3. The van der Waals surface area contributed by atoms with Gasteiger partial charge < -0.3 is 25.2 Å². The Labute approximate surface area is 240 Å². The van der Waals surface area contributed by atoms with Gasteiger partial charge in [0.25, 0.3) is 5.91 Å². The molecular weight excluding hydrogens is 519 g/mol. The highest BCUT2D eigenvalue weighted by Crippen LogP contribution is 2.32. The Morgan fingerprint density at radius 3 is 2.68 bits per heavy atom. The van der Waals surface area contributed by atoms with Crippen molar-refractivity contribution in [2.45, 2.75) is 45.1 Å². The number of hydrogen-bond acceptors (Lipinski definition) is 6. The van der Waals surface area contributed by atoms with Gasteiger partial charge in [0, 0.05) is 68.1 Å². The van der Waals surface area contributed by atoms with Gasteiger partial charge in [-0.3, -0.25) is 9.89 Å². The molecule has 8 nitrogen and oxygen atoms in total. The van der Waals surface area contributed by atoms with Gasteiger partial charge >= 0.3 is 0 Å². The summed E-state index contributed by atoms with van der Waals surface area (Å²) in [5.74, 6) is 0.120. The number of hydrogen-bond donors (Lipinski definition) is 3. The van der Waals surface area contributed by atoms with Crippen molar-refractivity contribution in [3.63, 3.8) is 0 Å². The van der Waals surface area contributed by atoms with Crippen LogP contribution in [0.3, 0.4) is 0 Å². The number of allylic oxidation sites excluding steroid dienone is 1. The number of ether oxygens (including phenoxy) is 1. The zero-order valence-electron chi connectivity index (χ0n) is 23.9. The van der Waals surface area contributed by atoms with Crippen molar-refractivity contribution >= 4 is 29.2 Å². The number of aryl methyl sites for hydroxylation is 2. The van der Waals surface area contributed by atoms with Crippen LogP contribution in [-0.4, -0.2) is 73.5 Å². The predicted octanol–water partition coefficient (Wildman–Crippen LogP) is 5.02. The number of rotatable bonds is 7. The van der Waals surface area contributed by atoms with Crippen molar-refractivity contribution in [2.75, 3.05) is 62.0 Å². The van der Waals surface area contributed by atoms with Crippen LogP contribution in [-0.2, 0) is 17.6 Å². The average molecular weight is 559 g/mol. The molecular formula is C32H39FN6O2.